The fourth-order valence-corrected chi connectivity index (χ4v) is 1.85. The van der Waals surface area contributed by atoms with Crippen molar-refractivity contribution in [2.24, 2.45) is 11.7 Å². The fraction of sp³-hybridized carbons (Fsp3) is 0.444. The smallest absolute Gasteiger partial charge is 0.228 e. The van der Waals surface area contributed by atoms with Gasteiger partial charge in [-0.25, -0.2) is 9.97 Å². The molecular weight excluding hydrogens is 216 g/mol. The Morgan fingerprint density at radius 3 is 2.87 bits per heavy atom. The zero-order valence-electron chi connectivity index (χ0n) is 8.06. The highest BCUT2D eigenvalue weighted by Gasteiger charge is 2.31. The van der Waals surface area contributed by atoms with Crippen LogP contribution in [0, 0.1) is 5.92 Å². The lowest BCUT2D eigenvalue weighted by Crippen LogP contribution is -2.27. The van der Waals surface area contributed by atoms with Gasteiger partial charge in [0.1, 0.15) is 0 Å². The summed E-state index contributed by atoms with van der Waals surface area (Å²) in [6.07, 6.45) is 3.47. The Morgan fingerprint density at radius 1 is 1.53 bits per heavy atom. The third-order valence-corrected chi connectivity index (χ3v) is 2.70. The molecule has 2 rings (SSSR count). The Kier molecular flexibility index (Phi) is 2.83. The maximum absolute atomic E-state index is 11.6. The molecule has 1 aliphatic rings. The molecule has 0 aromatic carbocycles. The highest BCUT2D eigenvalue weighted by molar-refractivity contribution is 6.32. The first-order chi connectivity index (χ1) is 7.22. The monoisotopic (exact) mass is 226 g/mol. The molecule has 1 aromatic rings. The predicted molar refractivity (Wildman–Crippen MR) is 56.6 cm³/mol. The molecule has 1 atom stereocenters. The Labute approximate surface area is 92.3 Å². The number of halogens is 1. The molecule has 15 heavy (non-hydrogen) atoms. The first kappa shape index (κ1) is 10.3. The van der Waals surface area contributed by atoms with Crippen LogP contribution in [0.15, 0.2) is 12.4 Å². The third kappa shape index (κ3) is 1.93. The number of amides is 1. The summed E-state index contributed by atoms with van der Waals surface area (Å²) in [5, 5.41) is 0.253. The van der Waals surface area contributed by atoms with Crippen molar-refractivity contribution in [3.05, 3.63) is 17.5 Å². The second-order valence-corrected chi connectivity index (χ2v) is 3.84. The van der Waals surface area contributed by atoms with Gasteiger partial charge in [0.2, 0.25) is 5.91 Å². The molecule has 6 heteroatoms. The van der Waals surface area contributed by atoms with Crippen LogP contribution in [0.2, 0.25) is 5.15 Å². The normalized spacial score (nSPS) is 21.1. The van der Waals surface area contributed by atoms with Gasteiger partial charge in [0.15, 0.2) is 11.0 Å². The lowest BCUT2D eigenvalue weighted by molar-refractivity contribution is -0.117. The third-order valence-electron chi connectivity index (χ3n) is 2.43. The number of aromatic nitrogens is 2. The molecule has 5 nitrogen and oxygen atoms in total. The van der Waals surface area contributed by atoms with Gasteiger partial charge >= 0.3 is 0 Å². The average Bonchev–Trinajstić information content (AvgIpc) is 2.60. The van der Waals surface area contributed by atoms with Crippen molar-refractivity contribution in [2.75, 3.05) is 18.0 Å². The Bertz CT molecular complexity index is 384. The molecule has 0 bridgehead atoms. The zero-order valence-corrected chi connectivity index (χ0v) is 8.81. The molecule has 1 aliphatic heterocycles. The largest absolute Gasteiger partial charge is 0.330 e. The molecule has 0 saturated carbocycles. The van der Waals surface area contributed by atoms with Gasteiger partial charge in [-0.3, -0.25) is 9.69 Å². The van der Waals surface area contributed by atoms with Crippen molar-refractivity contribution >= 4 is 23.3 Å². The van der Waals surface area contributed by atoms with E-state index in [1.54, 1.807) is 4.90 Å². The SMILES string of the molecule is NCC1CC(=O)N(c2nccnc2Cl)C1. The number of nitrogens with zero attached hydrogens (tertiary/aromatic N) is 3. The quantitative estimate of drug-likeness (QED) is 0.795. The van der Waals surface area contributed by atoms with E-state index in [1.165, 1.54) is 12.4 Å². The molecule has 1 fully saturated rings. The van der Waals surface area contributed by atoms with Gasteiger partial charge in [0.25, 0.3) is 0 Å². The first-order valence-electron chi connectivity index (χ1n) is 4.69. The van der Waals surface area contributed by atoms with E-state index in [0.29, 0.717) is 25.3 Å². The van der Waals surface area contributed by atoms with Crippen LogP contribution in [0.4, 0.5) is 5.82 Å². The number of hydrogen-bond acceptors (Lipinski definition) is 4. The van der Waals surface area contributed by atoms with E-state index in [1.807, 2.05) is 0 Å². The van der Waals surface area contributed by atoms with E-state index in [2.05, 4.69) is 9.97 Å². The minimum atomic E-state index is 0.00727. The standard InChI is InChI=1S/C9H11ClN4O/c10-8-9(13-2-1-12-8)14-5-6(4-11)3-7(14)15/h1-2,6H,3-5,11H2. The summed E-state index contributed by atoms with van der Waals surface area (Å²) < 4.78 is 0. The predicted octanol–water partition coefficient (Wildman–Crippen LogP) is 0.442. The van der Waals surface area contributed by atoms with E-state index in [0.717, 1.165) is 0 Å². The molecular formula is C9H11ClN4O. The van der Waals surface area contributed by atoms with Crippen LogP contribution >= 0.6 is 11.6 Å². The van der Waals surface area contributed by atoms with Crippen molar-refractivity contribution < 1.29 is 4.79 Å². The van der Waals surface area contributed by atoms with E-state index in [-0.39, 0.29) is 17.0 Å². The summed E-state index contributed by atoms with van der Waals surface area (Å²) in [7, 11) is 0. The van der Waals surface area contributed by atoms with E-state index < -0.39 is 0 Å². The van der Waals surface area contributed by atoms with Crippen molar-refractivity contribution in [1.82, 2.24) is 9.97 Å². The topological polar surface area (TPSA) is 72.1 Å². The maximum atomic E-state index is 11.6. The van der Waals surface area contributed by atoms with Gasteiger partial charge in [-0.2, -0.15) is 0 Å². The summed E-state index contributed by atoms with van der Waals surface area (Å²) in [5.41, 5.74) is 5.53. The van der Waals surface area contributed by atoms with Crippen molar-refractivity contribution in [3.8, 4) is 0 Å². The fourth-order valence-electron chi connectivity index (χ4n) is 1.64. The Hall–Kier alpha value is -1.20. The molecule has 0 radical (unpaired) electrons. The van der Waals surface area contributed by atoms with Crippen LogP contribution in [0.1, 0.15) is 6.42 Å². The molecule has 2 N–H and O–H groups in total. The van der Waals surface area contributed by atoms with Gasteiger partial charge < -0.3 is 5.73 Å². The van der Waals surface area contributed by atoms with E-state index in [4.69, 9.17) is 17.3 Å². The maximum Gasteiger partial charge on any atom is 0.228 e. The molecule has 1 amide bonds. The number of rotatable bonds is 2. The Morgan fingerprint density at radius 2 is 2.27 bits per heavy atom. The van der Waals surface area contributed by atoms with Crippen molar-refractivity contribution in [2.45, 2.75) is 6.42 Å². The summed E-state index contributed by atoms with van der Waals surface area (Å²) in [5.74, 6) is 0.628. The van der Waals surface area contributed by atoms with Gasteiger partial charge in [-0.1, -0.05) is 11.6 Å². The molecule has 1 unspecified atom stereocenters. The second-order valence-electron chi connectivity index (χ2n) is 3.48. The number of carbonyl (C=O) groups is 1. The van der Waals surface area contributed by atoms with Crippen molar-refractivity contribution in [3.63, 3.8) is 0 Å². The summed E-state index contributed by atoms with van der Waals surface area (Å²) in [4.78, 5) is 21.1. The molecule has 80 valence electrons. The highest BCUT2D eigenvalue weighted by Crippen LogP contribution is 2.26. The van der Waals surface area contributed by atoms with Crippen molar-refractivity contribution in [1.29, 1.82) is 0 Å². The Balaban J connectivity index is 2.25. The number of nitrogens with two attached hydrogens (primary N) is 1. The van der Waals surface area contributed by atoms with Crippen LogP contribution in [0.25, 0.3) is 0 Å². The highest BCUT2D eigenvalue weighted by atomic mass is 35.5. The molecule has 0 aliphatic carbocycles. The summed E-state index contributed by atoms with van der Waals surface area (Å²) in [6, 6.07) is 0. The molecule has 0 spiro atoms. The lowest BCUT2D eigenvalue weighted by atomic mass is 10.1. The van der Waals surface area contributed by atoms with Crippen LogP contribution in [0.3, 0.4) is 0 Å². The van der Waals surface area contributed by atoms with Gasteiger partial charge in [-0.15, -0.1) is 0 Å². The number of carbonyl (C=O) groups excluding carboxylic acids is 1. The van der Waals surface area contributed by atoms with Gasteiger partial charge in [0.05, 0.1) is 0 Å². The number of hydrogen-bond donors (Lipinski definition) is 1. The number of anilines is 1. The average molecular weight is 227 g/mol. The first-order valence-corrected chi connectivity index (χ1v) is 5.07. The molecule has 1 saturated heterocycles. The summed E-state index contributed by atoms with van der Waals surface area (Å²) in [6.45, 7) is 1.08. The van der Waals surface area contributed by atoms with E-state index >= 15 is 0 Å². The molecule has 1 aromatic heterocycles. The minimum absolute atomic E-state index is 0.00727. The van der Waals surface area contributed by atoms with Crippen LogP contribution in [-0.4, -0.2) is 29.0 Å². The van der Waals surface area contributed by atoms with Crippen LogP contribution < -0.4 is 10.6 Å². The molecule has 2 heterocycles. The van der Waals surface area contributed by atoms with Gasteiger partial charge in [-0.05, 0) is 12.5 Å². The minimum Gasteiger partial charge on any atom is -0.330 e. The van der Waals surface area contributed by atoms with Crippen LogP contribution in [-0.2, 0) is 4.79 Å². The van der Waals surface area contributed by atoms with Crippen LogP contribution in [0.5, 0.6) is 0 Å². The second kappa shape index (κ2) is 4.12. The van der Waals surface area contributed by atoms with Gasteiger partial charge in [0, 0.05) is 25.4 Å². The lowest BCUT2D eigenvalue weighted by Gasteiger charge is -2.15. The summed E-state index contributed by atoms with van der Waals surface area (Å²) >= 11 is 5.86. The van der Waals surface area contributed by atoms with E-state index in [9.17, 15) is 4.79 Å². The zero-order chi connectivity index (χ0) is 10.8.